The molecule has 0 saturated carbocycles. The van der Waals surface area contributed by atoms with E-state index in [9.17, 15) is 9.59 Å². The Balaban J connectivity index is 1.55. The van der Waals surface area contributed by atoms with Crippen LogP contribution < -0.4 is 15.4 Å². The highest BCUT2D eigenvalue weighted by atomic mass is 16.5. The van der Waals surface area contributed by atoms with E-state index in [-0.39, 0.29) is 30.3 Å². The molecule has 1 heterocycles. The summed E-state index contributed by atoms with van der Waals surface area (Å²) in [5.74, 6) is 0.667. The van der Waals surface area contributed by atoms with Gasteiger partial charge in [0, 0.05) is 44.1 Å². The van der Waals surface area contributed by atoms with Crippen LogP contribution in [0, 0.1) is 18.3 Å². The predicted molar refractivity (Wildman–Crippen MR) is 148 cm³/mol. The third-order valence-corrected chi connectivity index (χ3v) is 7.32. The van der Waals surface area contributed by atoms with Gasteiger partial charge >= 0.3 is 0 Å². The van der Waals surface area contributed by atoms with Crippen LogP contribution in [-0.4, -0.2) is 49.5 Å². The van der Waals surface area contributed by atoms with Crippen LogP contribution in [0.25, 0.3) is 11.1 Å². The van der Waals surface area contributed by atoms with E-state index in [4.69, 9.17) is 10.00 Å². The third-order valence-electron chi connectivity index (χ3n) is 7.32. The number of rotatable bonds is 8. The van der Waals surface area contributed by atoms with Crippen molar-refractivity contribution in [3.63, 3.8) is 0 Å². The first-order valence-corrected chi connectivity index (χ1v) is 12.9. The van der Waals surface area contributed by atoms with Gasteiger partial charge in [0.05, 0.1) is 25.3 Å². The minimum absolute atomic E-state index is 0.0213. The molecule has 0 radical (unpaired) electrons. The number of methoxy groups -OCH3 is 1. The molecule has 0 spiro atoms. The number of carbonyl (C=O) groups is 2. The van der Waals surface area contributed by atoms with E-state index in [0.29, 0.717) is 25.2 Å². The lowest BCUT2D eigenvalue weighted by molar-refractivity contribution is -0.133. The number of nitriles is 1. The van der Waals surface area contributed by atoms with Crippen molar-refractivity contribution in [3.05, 3.63) is 89.0 Å². The van der Waals surface area contributed by atoms with Gasteiger partial charge in [-0.3, -0.25) is 9.59 Å². The molecule has 2 atom stereocenters. The van der Waals surface area contributed by atoms with Crippen LogP contribution in [0.2, 0.25) is 0 Å². The number of benzene rings is 3. The smallest absolute Gasteiger partial charge is 0.241 e. The number of piperidine rings is 1. The molecule has 2 unspecified atom stereocenters. The van der Waals surface area contributed by atoms with Crippen molar-refractivity contribution in [3.8, 4) is 22.9 Å². The minimum Gasteiger partial charge on any atom is -0.496 e. The lowest BCUT2D eigenvalue weighted by Crippen LogP contribution is -2.51. The second-order valence-corrected chi connectivity index (χ2v) is 9.65. The van der Waals surface area contributed by atoms with E-state index in [1.165, 1.54) is 12.5 Å². The van der Waals surface area contributed by atoms with Crippen LogP contribution in [0.15, 0.2) is 66.7 Å². The van der Waals surface area contributed by atoms with E-state index < -0.39 is 0 Å². The van der Waals surface area contributed by atoms with Crippen LogP contribution in [0.1, 0.15) is 41.5 Å². The fourth-order valence-corrected chi connectivity index (χ4v) is 5.19. The Morgan fingerprint density at radius 2 is 1.82 bits per heavy atom. The van der Waals surface area contributed by atoms with E-state index in [1.54, 1.807) is 7.11 Å². The molecule has 3 aromatic carbocycles. The van der Waals surface area contributed by atoms with Gasteiger partial charge in [0.1, 0.15) is 5.75 Å². The molecule has 1 saturated heterocycles. The van der Waals surface area contributed by atoms with E-state index in [0.717, 1.165) is 34.4 Å². The Hall–Kier alpha value is -4.15. The van der Waals surface area contributed by atoms with Gasteiger partial charge in [-0.15, -0.1) is 0 Å². The van der Waals surface area contributed by atoms with Crippen molar-refractivity contribution < 1.29 is 14.3 Å². The zero-order valence-electron chi connectivity index (χ0n) is 22.2. The summed E-state index contributed by atoms with van der Waals surface area (Å²) in [7, 11) is 1.69. The Morgan fingerprint density at radius 3 is 2.47 bits per heavy atom. The summed E-state index contributed by atoms with van der Waals surface area (Å²) in [5, 5.41) is 15.5. The maximum atomic E-state index is 12.8. The number of carbonyl (C=O) groups excluding carboxylic acids is 2. The summed E-state index contributed by atoms with van der Waals surface area (Å²) in [6.45, 7) is 5.37. The topological polar surface area (TPSA) is 94.5 Å². The Kier molecular flexibility index (Phi) is 8.77. The maximum absolute atomic E-state index is 12.8. The molecular formula is C31H34N4O3. The normalized spacial score (nSPS) is 16.9. The van der Waals surface area contributed by atoms with Crippen molar-refractivity contribution in [1.82, 2.24) is 15.5 Å². The van der Waals surface area contributed by atoms with Crippen LogP contribution >= 0.6 is 0 Å². The summed E-state index contributed by atoms with van der Waals surface area (Å²) < 4.78 is 5.73. The fourth-order valence-electron chi connectivity index (χ4n) is 5.19. The number of ether oxygens (including phenoxy) is 1. The number of amides is 2. The molecule has 2 N–H and O–H groups in total. The summed E-state index contributed by atoms with van der Waals surface area (Å²) in [4.78, 5) is 25.9. The van der Waals surface area contributed by atoms with Gasteiger partial charge in [-0.1, -0.05) is 48.5 Å². The van der Waals surface area contributed by atoms with E-state index >= 15 is 0 Å². The molecule has 0 bridgehead atoms. The lowest BCUT2D eigenvalue weighted by Gasteiger charge is -2.39. The summed E-state index contributed by atoms with van der Waals surface area (Å²) in [6, 6.07) is 24.3. The lowest BCUT2D eigenvalue weighted by atomic mass is 9.85. The maximum Gasteiger partial charge on any atom is 0.241 e. The molecule has 0 aromatic heterocycles. The van der Waals surface area contributed by atoms with Gasteiger partial charge in [-0.25, -0.2) is 0 Å². The van der Waals surface area contributed by atoms with Crippen molar-refractivity contribution >= 4 is 11.8 Å². The van der Waals surface area contributed by atoms with Gasteiger partial charge in [0.2, 0.25) is 11.8 Å². The molecule has 2 amide bonds. The second-order valence-electron chi connectivity index (χ2n) is 9.65. The molecule has 3 aromatic rings. The molecular weight excluding hydrogens is 476 g/mol. The molecule has 1 fully saturated rings. The zero-order valence-corrected chi connectivity index (χ0v) is 22.2. The zero-order chi connectivity index (χ0) is 27.1. The van der Waals surface area contributed by atoms with Gasteiger partial charge < -0.3 is 20.3 Å². The van der Waals surface area contributed by atoms with Crippen molar-refractivity contribution in [1.29, 1.82) is 5.26 Å². The molecule has 7 nitrogen and oxygen atoms in total. The summed E-state index contributed by atoms with van der Waals surface area (Å²) in [5.41, 5.74) is 6.18. The molecule has 1 aliphatic heterocycles. The Morgan fingerprint density at radius 1 is 1.08 bits per heavy atom. The highest BCUT2D eigenvalue weighted by Gasteiger charge is 2.32. The second kappa shape index (κ2) is 12.4. The van der Waals surface area contributed by atoms with Crippen molar-refractivity contribution in [2.75, 3.05) is 26.7 Å². The summed E-state index contributed by atoms with van der Waals surface area (Å²) >= 11 is 0. The van der Waals surface area contributed by atoms with Gasteiger partial charge in [-0.05, 0) is 53.8 Å². The highest BCUT2D eigenvalue weighted by molar-refractivity contribution is 5.83. The fraction of sp³-hybridized carbons (Fsp3) is 0.323. The molecule has 0 aliphatic carbocycles. The predicted octanol–water partition coefficient (Wildman–Crippen LogP) is 4.15. The summed E-state index contributed by atoms with van der Waals surface area (Å²) in [6.07, 6.45) is 0.794. The van der Waals surface area contributed by atoms with Crippen LogP contribution in [0.5, 0.6) is 5.75 Å². The average Bonchev–Trinajstić information content (AvgIpc) is 2.95. The highest BCUT2D eigenvalue weighted by Crippen LogP contribution is 2.33. The molecule has 38 heavy (non-hydrogen) atoms. The van der Waals surface area contributed by atoms with Gasteiger partial charge in [0.15, 0.2) is 0 Å². The molecule has 7 heteroatoms. The van der Waals surface area contributed by atoms with Crippen LogP contribution in [-0.2, 0) is 16.1 Å². The number of likely N-dealkylation sites (tertiary alicyclic amines) is 1. The van der Waals surface area contributed by atoms with Crippen LogP contribution in [0.4, 0.5) is 0 Å². The van der Waals surface area contributed by atoms with Crippen LogP contribution in [0.3, 0.4) is 0 Å². The average molecular weight is 511 g/mol. The first kappa shape index (κ1) is 26.9. The number of nitrogens with one attached hydrogen (secondary N) is 2. The Bertz CT molecular complexity index is 1320. The van der Waals surface area contributed by atoms with Crippen molar-refractivity contribution in [2.24, 2.45) is 0 Å². The first-order valence-electron chi connectivity index (χ1n) is 12.9. The molecule has 196 valence electrons. The number of hydrogen-bond donors (Lipinski definition) is 2. The quantitative estimate of drug-likeness (QED) is 0.475. The molecule has 1 aliphatic rings. The van der Waals surface area contributed by atoms with Gasteiger partial charge in [-0.2, -0.15) is 5.26 Å². The van der Waals surface area contributed by atoms with E-state index in [1.807, 2.05) is 53.4 Å². The third kappa shape index (κ3) is 6.21. The SMILES string of the molecule is COc1ccc(-c2ccc(C#N)cc2)c(C)c1CNC1CCN(C(=O)CNC(C)=O)CC1c1ccccc1. The van der Waals surface area contributed by atoms with Gasteiger partial charge in [0.25, 0.3) is 0 Å². The van der Waals surface area contributed by atoms with E-state index in [2.05, 4.69) is 41.8 Å². The first-order chi connectivity index (χ1) is 18.4. The Labute approximate surface area is 224 Å². The number of hydrogen-bond acceptors (Lipinski definition) is 5. The molecule has 4 rings (SSSR count). The van der Waals surface area contributed by atoms with Crippen molar-refractivity contribution in [2.45, 2.75) is 38.8 Å². The standard InChI is InChI=1S/C31H34N4O3/c1-21-26(25-11-9-23(17-32)10-12-25)13-14-30(38-3)27(21)18-34-29-15-16-35(31(37)19-33-22(2)36)20-28(29)24-7-5-4-6-8-24/h4-14,28-29,34H,15-16,18-20H2,1-3H3,(H,33,36). The monoisotopic (exact) mass is 510 g/mol. The number of nitrogens with zero attached hydrogens (tertiary/aromatic N) is 2. The minimum atomic E-state index is -0.206. The largest absolute Gasteiger partial charge is 0.496 e.